The Morgan fingerprint density at radius 1 is 1.12 bits per heavy atom. The number of primary amides is 1. The number of aromatic nitrogens is 1. The first-order valence-electron chi connectivity index (χ1n) is 9.21. The lowest BCUT2D eigenvalue weighted by Crippen LogP contribution is -2.13. The largest absolute Gasteiger partial charge is 0.366 e. The van der Waals surface area contributed by atoms with E-state index < -0.39 is 0 Å². The van der Waals surface area contributed by atoms with Crippen LogP contribution in [0.5, 0.6) is 0 Å². The van der Waals surface area contributed by atoms with Crippen molar-refractivity contribution in [2.75, 3.05) is 0 Å². The van der Waals surface area contributed by atoms with Gasteiger partial charge in [-0.3, -0.25) is 4.79 Å². The van der Waals surface area contributed by atoms with Crippen molar-refractivity contribution in [2.24, 2.45) is 5.73 Å². The van der Waals surface area contributed by atoms with Gasteiger partial charge in [0.05, 0.1) is 5.56 Å². The Bertz CT molecular complexity index is 845. The number of nitrogens with two attached hydrogens (primary N) is 1. The lowest BCUT2D eigenvalue weighted by molar-refractivity contribution is 0.1000. The van der Waals surface area contributed by atoms with Crippen molar-refractivity contribution in [2.45, 2.75) is 52.5 Å². The number of nitrogens with zero attached hydrogens (tertiary/aromatic N) is 1. The summed E-state index contributed by atoms with van der Waals surface area (Å²) in [6, 6.07) is 8.41. The van der Waals surface area contributed by atoms with Gasteiger partial charge in [0.1, 0.15) is 0 Å². The summed E-state index contributed by atoms with van der Waals surface area (Å²) >= 11 is 3.47. The second-order valence-corrected chi connectivity index (χ2v) is 8.54. The minimum absolute atomic E-state index is 0.322. The van der Waals surface area contributed by atoms with Crippen LogP contribution in [0.15, 0.2) is 35.0 Å². The number of unbranched alkanes of at least 4 members (excludes halogenated alkanes) is 2. The average Bonchev–Trinajstić information content (AvgIpc) is 3.34. The minimum atomic E-state index is -0.322. The Labute approximate surface area is 163 Å². The fourth-order valence-electron chi connectivity index (χ4n) is 3.57. The summed E-state index contributed by atoms with van der Waals surface area (Å²) in [5.74, 6) is -0.322. The molecule has 3 aromatic rings. The number of amides is 1. The van der Waals surface area contributed by atoms with Crippen molar-refractivity contribution in [3.05, 3.63) is 56.9 Å². The molecule has 0 spiro atoms. The van der Waals surface area contributed by atoms with E-state index in [0.717, 1.165) is 41.9 Å². The van der Waals surface area contributed by atoms with Gasteiger partial charge in [0.2, 0.25) is 0 Å². The van der Waals surface area contributed by atoms with Gasteiger partial charge in [0.25, 0.3) is 5.91 Å². The van der Waals surface area contributed by atoms with Crippen molar-refractivity contribution >= 4 is 28.6 Å². The van der Waals surface area contributed by atoms with E-state index >= 15 is 0 Å². The number of rotatable bonds is 9. The predicted octanol–water partition coefficient (Wildman–Crippen LogP) is 5.66. The smallest absolute Gasteiger partial charge is 0.251 e. The molecule has 0 aliphatic heterocycles. The molecule has 0 fully saturated rings. The van der Waals surface area contributed by atoms with Crippen molar-refractivity contribution in [3.8, 4) is 10.4 Å². The Kier molecular flexibility index (Phi) is 6.33. The quantitative estimate of drug-likeness (QED) is 0.474. The third-order valence-electron chi connectivity index (χ3n) is 4.82. The van der Waals surface area contributed by atoms with Gasteiger partial charge < -0.3 is 10.3 Å². The lowest BCUT2D eigenvalue weighted by atomic mass is 10.0. The summed E-state index contributed by atoms with van der Waals surface area (Å²) in [5, 5.41) is 4.18. The fraction of sp³-hybridized carbons (Fsp3) is 0.381. The molecule has 3 nitrogen and oxygen atoms in total. The predicted molar refractivity (Wildman–Crippen MR) is 112 cm³/mol. The lowest BCUT2D eigenvalue weighted by Gasteiger charge is -2.12. The zero-order chi connectivity index (χ0) is 18.5. The molecule has 0 aliphatic carbocycles. The van der Waals surface area contributed by atoms with Crippen LogP contribution >= 0.6 is 22.7 Å². The monoisotopic (exact) mass is 386 g/mol. The van der Waals surface area contributed by atoms with Crippen molar-refractivity contribution in [1.29, 1.82) is 0 Å². The second-order valence-electron chi connectivity index (χ2n) is 6.56. The van der Waals surface area contributed by atoms with Gasteiger partial charge in [-0.15, -0.1) is 22.7 Å². The molecule has 0 aliphatic rings. The van der Waals surface area contributed by atoms with Crippen LogP contribution in [0.2, 0.25) is 0 Å². The number of hydrogen-bond donors (Lipinski definition) is 1. The van der Waals surface area contributed by atoms with Crippen LogP contribution in [-0.4, -0.2) is 10.5 Å². The number of carbonyl (C=O) groups is 1. The average molecular weight is 387 g/mol. The number of carbonyl (C=O) groups excluding carboxylic acids is 1. The maximum absolute atomic E-state index is 12.3. The molecule has 0 saturated carbocycles. The molecule has 2 N–H and O–H groups in total. The molecule has 5 heteroatoms. The SMILES string of the molecule is CCCCCc1c(-c2cccs2)c(C(N)=O)c(C)n1CCc1cccs1. The highest BCUT2D eigenvalue weighted by Crippen LogP contribution is 2.36. The van der Waals surface area contributed by atoms with E-state index in [0.29, 0.717) is 5.56 Å². The van der Waals surface area contributed by atoms with Crippen molar-refractivity contribution in [3.63, 3.8) is 0 Å². The Balaban J connectivity index is 2.05. The number of aryl methyl sites for hydroxylation is 1. The Morgan fingerprint density at radius 2 is 1.88 bits per heavy atom. The van der Waals surface area contributed by atoms with E-state index in [1.807, 2.05) is 13.0 Å². The van der Waals surface area contributed by atoms with E-state index in [1.54, 1.807) is 22.7 Å². The first-order chi connectivity index (χ1) is 12.6. The molecule has 0 saturated heterocycles. The molecule has 0 radical (unpaired) electrons. The van der Waals surface area contributed by atoms with Crippen LogP contribution in [0.4, 0.5) is 0 Å². The Morgan fingerprint density at radius 3 is 2.50 bits per heavy atom. The summed E-state index contributed by atoms with van der Waals surface area (Å²) in [6.07, 6.45) is 5.49. The van der Waals surface area contributed by atoms with Crippen LogP contribution in [0, 0.1) is 6.92 Å². The third kappa shape index (κ3) is 3.94. The summed E-state index contributed by atoms with van der Waals surface area (Å²) in [7, 11) is 0. The van der Waals surface area contributed by atoms with E-state index in [1.165, 1.54) is 23.4 Å². The van der Waals surface area contributed by atoms with E-state index in [4.69, 9.17) is 5.73 Å². The van der Waals surface area contributed by atoms with Gasteiger partial charge in [-0.1, -0.05) is 31.9 Å². The summed E-state index contributed by atoms with van der Waals surface area (Å²) in [5.41, 5.74) is 9.84. The fourth-order valence-corrected chi connectivity index (χ4v) is 5.06. The van der Waals surface area contributed by atoms with Gasteiger partial charge >= 0.3 is 0 Å². The first kappa shape index (κ1) is 18.9. The molecule has 26 heavy (non-hydrogen) atoms. The van der Waals surface area contributed by atoms with Gasteiger partial charge in [0.15, 0.2) is 0 Å². The van der Waals surface area contributed by atoms with Gasteiger partial charge in [-0.2, -0.15) is 0 Å². The molecule has 0 unspecified atom stereocenters. The van der Waals surface area contributed by atoms with Crippen LogP contribution in [0.25, 0.3) is 10.4 Å². The van der Waals surface area contributed by atoms with Gasteiger partial charge in [-0.25, -0.2) is 0 Å². The maximum atomic E-state index is 12.3. The van der Waals surface area contributed by atoms with Crippen LogP contribution in [0.1, 0.15) is 52.8 Å². The summed E-state index contributed by atoms with van der Waals surface area (Å²) in [4.78, 5) is 14.8. The highest BCUT2D eigenvalue weighted by atomic mass is 32.1. The Hall–Kier alpha value is -1.85. The first-order valence-corrected chi connectivity index (χ1v) is 11.0. The summed E-state index contributed by atoms with van der Waals surface area (Å²) < 4.78 is 2.34. The molecular weight excluding hydrogens is 360 g/mol. The van der Waals surface area contributed by atoms with Crippen LogP contribution in [0.3, 0.4) is 0 Å². The zero-order valence-electron chi connectivity index (χ0n) is 15.5. The number of hydrogen-bond acceptors (Lipinski definition) is 3. The van der Waals surface area contributed by atoms with E-state index in [9.17, 15) is 4.79 Å². The molecular formula is C21H26N2OS2. The van der Waals surface area contributed by atoms with Gasteiger partial charge in [0, 0.05) is 33.3 Å². The normalized spacial score (nSPS) is 11.2. The summed E-state index contributed by atoms with van der Waals surface area (Å²) in [6.45, 7) is 5.14. The number of thiophene rings is 2. The zero-order valence-corrected chi connectivity index (χ0v) is 17.1. The highest BCUT2D eigenvalue weighted by molar-refractivity contribution is 7.13. The van der Waals surface area contributed by atoms with Crippen LogP contribution < -0.4 is 5.73 Å². The van der Waals surface area contributed by atoms with Crippen molar-refractivity contribution < 1.29 is 4.79 Å². The topological polar surface area (TPSA) is 48.0 Å². The standard InChI is InChI=1S/C21H26N2OS2/c1-3-4-5-9-17-20(18-10-7-14-26-18)19(21(22)24)15(2)23(17)12-11-16-8-6-13-25-16/h6-8,10,13-14H,3-5,9,11-12H2,1-2H3,(H2,22,24). The van der Waals surface area contributed by atoms with E-state index in [2.05, 4.69) is 40.5 Å². The van der Waals surface area contributed by atoms with Gasteiger partial charge in [-0.05, 0) is 49.1 Å². The second kappa shape index (κ2) is 8.69. The molecule has 3 rings (SSSR count). The van der Waals surface area contributed by atoms with Crippen LogP contribution in [-0.2, 0) is 19.4 Å². The molecule has 3 aromatic heterocycles. The maximum Gasteiger partial charge on any atom is 0.251 e. The molecule has 0 aromatic carbocycles. The van der Waals surface area contributed by atoms with E-state index in [-0.39, 0.29) is 5.91 Å². The van der Waals surface area contributed by atoms with Crippen molar-refractivity contribution in [1.82, 2.24) is 4.57 Å². The highest BCUT2D eigenvalue weighted by Gasteiger charge is 2.24. The molecule has 3 heterocycles. The minimum Gasteiger partial charge on any atom is -0.366 e. The third-order valence-corrected chi connectivity index (χ3v) is 6.65. The molecule has 138 valence electrons. The molecule has 0 atom stereocenters. The molecule has 0 bridgehead atoms. The molecule has 1 amide bonds.